The van der Waals surface area contributed by atoms with E-state index in [0.717, 1.165) is 0 Å². The van der Waals surface area contributed by atoms with Crippen molar-refractivity contribution < 1.29 is 9.18 Å². The smallest absolute Gasteiger partial charge is 0.316 e. The molecule has 6 nitrogen and oxygen atoms in total. The molecular formula is C11H17ClFN5O. The summed E-state index contributed by atoms with van der Waals surface area (Å²) in [7, 11) is 3.25. The maximum atomic E-state index is 13.8. The molecule has 1 aromatic carbocycles. The Balaban J connectivity index is 2.59. The molecule has 0 atom stereocenters. The zero-order valence-electron chi connectivity index (χ0n) is 10.8. The molecule has 0 unspecified atom stereocenters. The summed E-state index contributed by atoms with van der Waals surface area (Å²) < 4.78 is 13.8. The lowest BCUT2D eigenvalue weighted by atomic mass is 10.2. The van der Waals surface area contributed by atoms with E-state index in [1.807, 2.05) is 0 Å². The minimum Gasteiger partial charge on any atom is -0.397 e. The van der Waals surface area contributed by atoms with Crippen molar-refractivity contribution in [2.45, 2.75) is 0 Å². The number of benzene rings is 1. The molecule has 0 aromatic heterocycles. The third kappa shape index (κ3) is 3.78. The van der Waals surface area contributed by atoms with Gasteiger partial charge < -0.3 is 27.0 Å². The number of carbonyl (C=O) groups is 1. The molecule has 0 aliphatic rings. The summed E-state index contributed by atoms with van der Waals surface area (Å²) in [5.41, 5.74) is 11.5. The van der Waals surface area contributed by atoms with Crippen molar-refractivity contribution in [1.29, 1.82) is 0 Å². The molecule has 0 bridgehead atoms. The summed E-state index contributed by atoms with van der Waals surface area (Å²) in [5, 5.41) is 5.22. The molecule has 0 saturated heterocycles. The van der Waals surface area contributed by atoms with Gasteiger partial charge in [-0.2, -0.15) is 0 Å². The molecule has 0 aliphatic carbocycles. The molecule has 1 rings (SSSR count). The molecule has 19 heavy (non-hydrogen) atoms. The number of nitrogens with one attached hydrogen (secondary N) is 2. The number of rotatable bonds is 4. The van der Waals surface area contributed by atoms with Crippen molar-refractivity contribution in [2.75, 3.05) is 44.0 Å². The SMILES string of the molecule is CN(C)C(=O)NCCNc1c(N)cc(N)c(Cl)c1F. The minimum absolute atomic E-state index is 0.0818. The van der Waals surface area contributed by atoms with E-state index in [1.165, 1.54) is 11.0 Å². The first kappa shape index (κ1) is 15.2. The molecule has 8 heteroatoms. The molecule has 0 aliphatic heterocycles. The lowest BCUT2D eigenvalue weighted by molar-refractivity contribution is 0.218. The Morgan fingerprint density at radius 2 is 2.00 bits per heavy atom. The second kappa shape index (κ2) is 6.33. The number of anilines is 3. The number of nitrogens with zero attached hydrogens (tertiary/aromatic N) is 1. The highest BCUT2D eigenvalue weighted by molar-refractivity contribution is 6.33. The van der Waals surface area contributed by atoms with E-state index >= 15 is 0 Å². The highest BCUT2D eigenvalue weighted by Crippen LogP contribution is 2.33. The first-order valence-electron chi connectivity index (χ1n) is 5.56. The monoisotopic (exact) mass is 289 g/mol. The lowest BCUT2D eigenvalue weighted by Gasteiger charge is -2.15. The summed E-state index contributed by atoms with van der Waals surface area (Å²) >= 11 is 5.69. The van der Waals surface area contributed by atoms with E-state index in [2.05, 4.69) is 10.6 Å². The van der Waals surface area contributed by atoms with Gasteiger partial charge in [0.15, 0.2) is 5.82 Å². The Hall–Kier alpha value is -1.89. The Bertz CT molecular complexity index is 481. The summed E-state index contributed by atoms with van der Waals surface area (Å²) in [6.45, 7) is 0.624. The van der Waals surface area contributed by atoms with E-state index in [-0.39, 0.29) is 28.1 Å². The average Bonchev–Trinajstić information content (AvgIpc) is 2.34. The molecule has 0 saturated carbocycles. The average molecular weight is 290 g/mol. The van der Waals surface area contributed by atoms with Gasteiger partial charge in [0.1, 0.15) is 5.02 Å². The standard InChI is InChI=1S/C11H17ClFN5O/c1-18(2)11(19)17-4-3-16-10-7(15)5-6(14)8(12)9(10)13/h5,16H,3-4,14-15H2,1-2H3,(H,17,19). The third-order valence-corrected chi connectivity index (χ3v) is 2.76. The Morgan fingerprint density at radius 1 is 1.37 bits per heavy atom. The van der Waals surface area contributed by atoms with E-state index < -0.39 is 5.82 Å². The van der Waals surface area contributed by atoms with Crippen LogP contribution < -0.4 is 22.1 Å². The normalized spacial score (nSPS) is 10.1. The van der Waals surface area contributed by atoms with Crippen molar-refractivity contribution in [2.24, 2.45) is 0 Å². The van der Waals surface area contributed by atoms with Gasteiger partial charge in [0.05, 0.1) is 17.1 Å². The van der Waals surface area contributed by atoms with Crippen LogP contribution in [-0.2, 0) is 0 Å². The second-order valence-electron chi connectivity index (χ2n) is 4.11. The lowest BCUT2D eigenvalue weighted by Crippen LogP contribution is -2.37. The van der Waals surface area contributed by atoms with Gasteiger partial charge in [0.2, 0.25) is 0 Å². The van der Waals surface area contributed by atoms with Crippen molar-refractivity contribution in [3.63, 3.8) is 0 Å². The zero-order valence-corrected chi connectivity index (χ0v) is 11.5. The number of nitrogens with two attached hydrogens (primary N) is 2. The van der Waals surface area contributed by atoms with Crippen molar-refractivity contribution >= 4 is 34.7 Å². The van der Waals surface area contributed by atoms with Crippen LogP contribution >= 0.6 is 11.6 Å². The van der Waals surface area contributed by atoms with Crippen molar-refractivity contribution in [3.8, 4) is 0 Å². The summed E-state index contributed by atoms with van der Waals surface area (Å²) in [5.74, 6) is -0.696. The fourth-order valence-corrected chi connectivity index (χ4v) is 1.51. The summed E-state index contributed by atoms with van der Waals surface area (Å²) in [4.78, 5) is 12.6. The van der Waals surface area contributed by atoms with Gasteiger partial charge in [-0.3, -0.25) is 0 Å². The molecule has 0 fully saturated rings. The molecule has 0 spiro atoms. The molecule has 1 aromatic rings. The molecule has 6 N–H and O–H groups in total. The number of urea groups is 1. The fourth-order valence-electron chi connectivity index (χ4n) is 1.36. The summed E-state index contributed by atoms with van der Waals surface area (Å²) in [6.07, 6.45) is 0. The first-order chi connectivity index (χ1) is 8.84. The van der Waals surface area contributed by atoms with Crippen LogP contribution in [0.4, 0.5) is 26.2 Å². The number of carbonyl (C=O) groups excluding carboxylic acids is 1. The highest BCUT2D eigenvalue weighted by atomic mass is 35.5. The van der Waals surface area contributed by atoms with Crippen LogP contribution in [0.3, 0.4) is 0 Å². The molecular weight excluding hydrogens is 273 g/mol. The predicted molar refractivity (Wildman–Crippen MR) is 75.8 cm³/mol. The maximum Gasteiger partial charge on any atom is 0.316 e. The molecule has 106 valence electrons. The number of amides is 2. The summed E-state index contributed by atoms with van der Waals surface area (Å²) in [6, 6.07) is 1.15. The number of hydrogen-bond acceptors (Lipinski definition) is 4. The second-order valence-corrected chi connectivity index (χ2v) is 4.49. The van der Waals surface area contributed by atoms with E-state index in [1.54, 1.807) is 14.1 Å². The fraction of sp³-hybridized carbons (Fsp3) is 0.364. The van der Waals surface area contributed by atoms with E-state index in [4.69, 9.17) is 23.1 Å². The third-order valence-electron chi connectivity index (χ3n) is 2.37. The van der Waals surface area contributed by atoms with Gasteiger partial charge in [-0.25, -0.2) is 9.18 Å². The van der Waals surface area contributed by atoms with Crippen LogP contribution in [-0.4, -0.2) is 38.1 Å². The van der Waals surface area contributed by atoms with Gasteiger partial charge in [-0.1, -0.05) is 11.6 Å². The number of hydrogen-bond donors (Lipinski definition) is 4. The largest absolute Gasteiger partial charge is 0.397 e. The predicted octanol–water partition coefficient (Wildman–Crippen LogP) is 1.33. The quantitative estimate of drug-likeness (QED) is 0.496. The Labute approximate surface area is 115 Å². The van der Waals surface area contributed by atoms with Crippen molar-refractivity contribution in [3.05, 3.63) is 16.9 Å². The number of nitrogen functional groups attached to an aromatic ring is 2. The zero-order chi connectivity index (χ0) is 14.6. The van der Waals surface area contributed by atoms with Crippen molar-refractivity contribution in [1.82, 2.24) is 10.2 Å². The topological polar surface area (TPSA) is 96.4 Å². The van der Waals surface area contributed by atoms with Crippen LogP contribution in [0.2, 0.25) is 5.02 Å². The highest BCUT2D eigenvalue weighted by Gasteiger charge is 2.13. The van der Waals surface area contributed by atoms with E-state index in [0.29, 0.717) is 13.1 Å². The molecule has 2 amide bonds. The first-order valence-corrected chi connectivity index (χ1v) is 5.94. The van der Waals surface area contributed by atoms with Gasteiger partial charge in [0, 0.05) is 27.2 Å². The van der Waals surface area contributed by atoms with Gasteiger partial charge in [-0.05, 0) is 6.07 Å². The molecule has 0 heterocycles. The van der Waals surface area contributed by atoms with Gasteiger partial charge in [0.25, 0.3) is 0 Å². The van der Waals surface area contributed by atoms with Gasteiger partial charge in [-0.15, -0.1) is 0 Å². The number of halogens is 2. The minimum atomic E-state index is -0.696. The van der Waals surface area contributed by atoms with Crippen LogP contribution in [0.25, 0.3) is 0 Å². The Morgan fingerprint density at radius 3 is 2.58 bits per heavy atom. The van der Waals surface area contributed by atoms with Crippen LogP contribution in [0, 0.1) is 5.82 Å². The van der Waals surface area contributed by atoms with Crippen LogP contribution in [0.1, 0.15) is 0 Å². The molecule has 0 radical (unpaired) electrons. The van der Waals surface area contributed by atoms with Crippen LogP contribution in [0.15, 0.2) is 6.07 Å². The Kier molecular flexibility index (Phi) is 5.05. The van der Waals surface area contributed by atoms with Crippen LogP contribution in [0.5, 0.6) is 0 Å². The van der Waals surface area contributed by atoms with Gasteiger partial charge >= 0.3 is 6.03 Å². The van der Waals surface area contributed by atoms with E-state index in [9.17, 15) is 9.18 Å². The maximum absolute atomic E-state index is 13.8.